The lowest BCUT2D eigenvalue weighted by atomic mass is 10.1. The van der Waals surface area contributed by atoms with Crippen LogP contribution in [-0.2, 0) is 17.8 Å². The summed E-state index contributed by atoms with van der Waals surface area (Å²) in [5.41, 5.74) is 3.88. The number of methoxy groups -OCH3 is 1. The lowest BCUT2D eigenvalue weighted by Gasteiger charge is -2.28. The van der Waals surface area contributed by atoms with E-state index in [0.717, 1.165) is 40.6 Å². The molecular weight excluding hydrogens is 530 g/mol. The number of nitrogens with one attached hydrogen (secondary N) is 1. The van der Waals surface area contributed by atoms with Crippen molar-refractivity contribution in [1.82, 2.24) is 14.8 Å². The number of aromatic nitrogens is 1. The van der Waals surface area contributed by atoms with Crippen molar-refractivity contribution in [1.29, 1.82) is 0 Å². The molecule has 0 radical (unpaired) electrons. The number of halogens is 1. The molecule has 1 heterocycles. The predicted octanol–water partition coefficient (Wildman–Crippen LogP) is 5.82. The van der Waals surface area contributed by atoms with Crippen LogP contribution in [0.15, 0.2) is 83.5 Å². The van der Waals surface area contributed by atoms with Crippen LogP contribution in [0.2, 0.25) is 0 Å². The van der Waals surface area contributed by atoms with Gasteiger partial charge in [0, 0.05) is 46.3 Å². The number of fused-ring (bicyclic) bond motifs is 1. The molecular formula is C30H30BrN3O3. The molecule has 1 aliphatic rings. The molecule has 3 aromatic carbocycles. The molecule has 0 bridgehead atoms. The van der Waals surface area contributed by atoms with Crippen molar-refractivity contribution < 1.29 is 14.3 Å². The summed E-state index contributed by atoms with van der Waals surface area (Å²) in [6.45, 7) is 1.09. The van der Waals surface area contributed by atoms with E-state index in [4.69, 9.17) is 4.74 Å². The Balaban J connectivity index is 1.35. The summed E-state index contributed by atoms with van der Waals surface area (Å²) in [7, 11) is 1.64. The summed E-state index contributed by atoms with van der Waals surface area (Å²) in [6, 6.07) is 23.4. The van der Waals surface area contributed by atoms with Crippen molar-refractivity contribution in [2.24, 2.45) is 0 Å². The molecule has 2 amide bonds. The number of carbonyl (C=O) groups is 2. The molecule has 190 valence electrons. The Morgan fingerprint density at radius 2 is 1.73 bits per heavy atom. The van der Waals surface area contributed by atoms with E-state index in [1.165, 1.54) is 10.9 Å². The second-order valence-electron chi connectivity index (χ2n) is 9.44. The van der Waals surface area contributed by atoms with Gasteiger partial charge >= 0.3 is 0 Å². The number of amides is 2. The highest BCUT2D eigenvalue weighted by Crippen LogP contribution is 2.29. The number of aromatic amines is 1. The molecule has 1 N–H and O–H groups in total. The predicted molar refractivity (Wildman–Crippen MR) is 149 cm³/mol. The normalized spacial score (nSPS) is 12.9. The zero-order valence-corrected chi connectivity index (χ0v) is 22.4. The fourth-order valence-corrected chi connectivity index (χ4v) is 4.86. The van der Waals surface area contributed by atoms with Crippen LogP contribution in [0.25, 0.3) is 10.9 Å². The molecule has 6 nitrogen and oxygen atoms in total. The second kappa shape index (κ2) is 11.2. The van der Waals surface area contributed by atoms with E-state index >= 15 is 0 Å². The molecule has 1 saturated carbocycles. The first-order valence-corrected chi connectivity index (χ1v) is 13.3. The highest BCUT2D eigenvalue weighted by atomic mass is 79.9. The van der Waals surface area contributed by atoms with Crippen molar-refractivity contribution in [3.8, 4) is 5.75 Å². The first kappa shape index (κ1) is 25.1. The summed E-state index contributed by atoms with van der Waals surface area (Å²) < 4.78 is 6.21. The van der Waals surface area contributed by atoms with Crippen molar-refractivity contribution in [3.63, 3.8) is 0 Å². The molecule has 5 rings (SSSR count). The zero-order valence-electron chi connectivity index (χ0n) is 20.8. The second-order valence-corrected chi connectivity index (χ2v) is 10.4. The van der Waals surface area contributed by atoms with Crippen LogP contribution in [-0.4, -0.2) is 52.8 Å². The third kappa shape index (κ3) is 6.05. The molecule has 37 heavy (non-hydrogen) atoms. The number of ether oxygens (including phenoxy) is 1. The minimum Gasteiger partial charge on any atom is -0.497 e. The largest absolute Gasteiger partial charge is 0.497 e. The van der Waals surface area contributed by atoms with E-state index in [1.54, 1.807) is 24.1 Å². The van der Waals surface area contributed by atoms with Crippen molar-refractivity contribution in [3.05, 3.63) is 100 Å². The standard InChI is InChI=1S/C30H30BrN3O3/c1-37-26-14-6-21(7-15-26)19-33(17-16-23-18-32-28-5-3-2-4-27(23)28)29(35)20-34(25-12-13-25)30(36)22-8-10-24(31)11-9-22/h2-11,14-15,18,25,32H,12-13,16-17,19-20H2,1H3. The van der Waals surface area contributed by atoms with Gasteiger partial charge < -0.3 is 19.5 Å². The van der Waals surface area contributed by atoms with E-state index in [2.05, 4.69) is 33.0 Å². The van der Waals surface area contributed by atoms with Crippen LogP contribution < -0.4 is 4.74 Å². The summed E-state index contributed by atoms with van der Waals surface area (Å²) in [4.78, 5) is 34.0. The number of para-hydroxylation sites is 1. The number of carbonyl (C=O) groups excluding carboxylic acids is 2. The highest BCUT2D eigenvalue weighted by Gasteiger charge is 2.35. The average molecular weight is 560 g/mol. The Hall–Kier alpha value is -3.58. The number of hydrogen-bond acceptors (Lipinski definition) is 3. The fraction of sp³-hybridized carbons (Fsp3) is 0.267. The molecule has 0 spiro atoms. The molecule has 1 fully saturated rings. The van der Waals surface area contributed by atoms with E-state index in [1.807, 2.05) is 59.6 Å². The first-order valence-electron chi connectivity index (χ1n) is 12.5. The van der Waals surface area contributed by atoms with Crippen LogP contribution >= 0.6 is 15.9 Å². The number of benzene rings is 3. The van der Waals surface area contributed by atoms with Gasteiger partial charge in [-0.1, -0.05) is 46.3 Å². The highest BCUT2D eigenvalue weighted by molar-refractivity contribution is 9.10. The molecule has 0 atom stereocenters. The Bertz CT molecular complexity index is 1380. The Kier molecular flexibility index (Phi) is 7.60. The van der Waals surface area contributed by atoms with E-state index in [9.17, 15) is 9.59 Å². The zero-order chi connectivity index (χ0) is 25.8. The van der Waals surface area contributed by atoms with Gasteiger partial charge in [0.15, 0.2) is 0 Å². The summed E-state index contributed by atoms with van der Waals surface area (Å²) in [6.07, 6.45) is 4.61. The molecule has 7 heteroatoms. The SMILES string of the molecule is COc1ccc(CN(CCc2c[nH]c3ccccc23)C(=O)CN(C(=O)c2ccc(Br)cc2)C2CC2)cc1. The van der Waals surface area contributed by atoms with Crippen molar-refractivity contribution in [2.45, 2.75) is 31.8 Å². The maximum absolute atomic E-state index is 13.7. The average Bonchev–Trinajstić information content (AvgIpc) is 3.69. The smallest absolute Gasteiger partial charge is 0.254 e. The van der Waals surface area contributed by atoms with Gasteiger partial charge in [-0.05, 0) is 72.9 Å². The Morgan fingerprint density at radius 1 is 1.00 bits per heavy atom. The topological polar surface area (TPSA) is 65.6 Å². The minimum absolute atomic E-state index is 0.0481. The minimum atomic E-state index is -0.0932. The molecule has 1 aromatic heterocycles. The van der Waals surface area contributed by atoms with Crippen LogP contribution in [0.5, 0.6) is 5.75 Å². The molecule has 0 aliphatic heterocycles. The van der Waals surface area contributed by atoms with Crippen LogP contribution in [0.4, 0.5) is 0 Å². The van der Waals surface area contributed by atoms with Gasteiger partial charge in [-0.2, -0.15) is 0 Å². The van der Waals surface area contributed by atoms with Crippen LogP contribution in [0.1, 0.15) is 34.3 Å². The molecule has 4 aromatic rings. The van der Waals surface area contributed by atoms with E-state index in [-0.39, 0.29) is 24.4 Å². The lowest BCUT2D eigenvalue weighted by molar-refractivity contribution is -0.132. The number of H-pyrrole nitrogens is 1. The van der Waals surface area contributed by atoms with E-state index < -0.39 is 0 Å². The number of rotatable bonds is 10. The maximum atomic E-state index is 13.7. The van der Waals surface area contributed by atoms with Crippen molar-refractivity contribution >= 4 is 38.6 Å². The summed E-state index contributed by atoms with van der Waals surface area (Å²) >= 11 is 3.43. The van der Waals surface area contributed by atoms with Crippen LogP contribution in [0, 0.1) is 0 Å². The number of hydrogen-bond donors (Lipinski definition) is 1. The lowest BCUT2D eigenvalue weighted by Crippen LogP contribution is -2.44. The van der Waals surface area contributed by atoms with Gasteiger partial charge in [0.1, 0.15) is 12.3 Å². The summed E-state index contributed by atoms with van der Waals surface area (Å²) in [5.74, 6) is 0.637. The third-order valence-corrected chi connectivity index (χ3v) is 7.39. The van der Waals surface area contributed by atoms with Gasteiger partial charge in [-0.3, -0.25) is 9.59 Å². The van der Waals surface area contributed by atoms with Crippen molar-refractivity contribution in [2.75, 3.05) is 20.2 Å². The van der Waals surface area contributed by atoms with Gasteiger partial charge in [-0.15, -0.1) is 0 Å². The molecule has 0 unspecified atom stereocenters. The van der Waals surface area contributed by atoms with Gasteiger partial charge in [0.2, 0.25) is 5.91 Å². The monoisotopic (exact) mass is 559 g/mol. The Labute approximate surface area is 225 Å². The summed E-state index contributed by atoms with van der Waals surface area (Å²) in [5, 5.41) is 1.17. The number of nitrogens with zero attached hydrogens (tertiary/aromatic N) is 2. The fourth-order valence-electron chi connectivity index (χ4n) is 4.59. The quantitative estimate of drug-likeness (QED) is 0.266. The third-order valence-electron chi connectivity index (χ3n) is 6.86. The first-order chi connectivity index (χ1) is 18.0. The van der Waals surface area contributed by atoms with Gasteiger partial charge in [0.25, 0.3) is 5.91 Å². The molecule has 0 saturated heterocycles. The van der Waals surface area contributed by atoms with Gasteiger partial charge in [0.05, 0.1) is 7.11 Å². The van der Waals surface area contributed by atoms with Gasteiger partial charge in [-0.25, -0.2) is 0 Å². The van der Waals surface area contributed by atoms with E-state index in [0.29, 0.717) is 18.7 Å². The maximum Gasteiger partial charge on any atom is 0.254 e. The Morgan fingerprint density at radius 3 is 2.43 bits per heavy atom. The molecule has 1 aliphatic carbocycles. The van der Waals surface area contributed by atoms with Crippen LogP contribution in [0.3, 0.4) is 0 Å².